The molecule has 2 N–H and O–H groups in total. The van der Waals surface area contributed by atoms with Gasteiger partial charge < -0.3 is 10.2 Å². The molecule has 1 aromatic rings. The van der Waals surface area contributed by atoms with Gasteiger partial charge in [-0.1, -0.05) is 36.0 Å². The summed E-state index contributed by atoms with van der Waals surface area (Å²) in [5.41, 5.74) is 0.477. The van der Waals surface area contributed by atoms with E-state index in [9.17, 15) is 10.2 Å². The Morgan fingerprint density at radius 1 is 1.22 bits per heavy atom. The molecule has 0 saturated heterocycles. The molecule has 2 atom stereocenters. The van der Waals surface area contributed by atoms with Crippen molar-refractivity contribution in [3.63, 3.8) is 0 Å². The Balaban J connectivity index is 2.17. The molecule has 5 heteroatoms. The predicted molar refractivity (Wildman–Crippen MR) is 74.0 cm³/mol. The number of hydrogen-bond donors (Lipinski definition) is 2. The molecule has 98 valence electrons. The number of phenolic OH excluding ortho intramolecular Hbond substituents is 1. The van der Waals surface area contributed by atoms with Crippen molar-refractivity contribution in [1.29, 1.82) is 0 Å². The normalized spacial score (nSPS) is 24.6. The molecule has 2 unspecified atom stereocenters. The Bertz CT molecular complexity index is 463. The molecule has 0 aromatic heterocycles. The lowest BCUT2D eigenvalue weighted by molar-refractivity contribution is 0.110. The standard InChI is InChI=1S/C13H15Cl2NO2/c14-9-5-8(13(18)10(15)6-9)7-16-11-3-1-2-4-12(11)17/h5-7,11-12,17-18H,1-4H2. The van der Waals surface area contributed by atoms with Gasteiger partial charge in [-0.3, -0.25) is 4.99 Å². The van der Waals surface area contributed by atoms with Crippen LogP contribution in [0, 0.1) is 0 Å². The number of rotatable bonds is 2. The average molecular weight is 288 g/mol. The third-order valence-corrected chi connectivity index (χ3v) is 3.66. The number of aliphatic imine (C=N–C) groups is 1. The molecule has 0 heterocycles. The van der Waals surface area contributed by atoms with Crippen molar-refractivity contribution >= 4 is 29.4 Å². The third-order valence-electron chi connectivity index (χ3n) is 3.16. The summed E-state index contributed by atoms with van der Waals surface area (Å²) in [4.78, 5) is 4.33. The number of benzene rings is 1. The molecular weight excluding hydrogens is 273 g/mol. The molecule has 0 aliphatic heterocycles. The van der Waals surface area contributed by atoms with Crippen LogP contribution >= 0.6 is 23.2 Å². The summed E-state index contributed by atoms with van der Waals surface area (Å²) >= 11 is 11.7. The van der Waals surface area contributed by atoms with Crippen LogP contribution in [0.4, 0.5) is 0 Å². The summed E-state index contributed by atoms with van der Waals surface area (Å²) < 4.78 is 0. The largest absolute Gasteiger partial charge is 0.506 e. The molecular formula is C13H15Cl2NO2. The molecule has 1 saturated carbocycles. The quantitative estimate of drug-likeness (QED) is 0.819. The molecule has 0 bridgehead atoms. The van der Waals surface area contributed by atoms with E-state index in [2.05, 4.69) is 4.99 Å². The first-order chi connectivity index (χ1) is 8.58. The van der Waals surface area contributed by atoms with E-state index < -0.39 is 6.10 Å². The summed E-state index contributed by atoms with van der Waals surface area (Å²) in [6.45, 7) is 0. The van der Waals surface area contributed by atoms with Crippen LogP contribution in [0.3, 0.4) is 0 Å². The van der Waals surface area contributed by atoms with Crippen LogP contribution in [0.25, 0.3) is 0 Å². The number of nitrogens with zero attached hydrogens (tertiary/aromatic N) is 1. The van der Waals surface area contributed by atoms with E-state index in [1.54, 1.807) is 6.07 Å². The lowest BCUT2D eigenvalue weighted by Crippen LogP contribution is -2.28. The number of aromatic hydroxyl groups is 1. The maximum atomic E-state index is 9.80. The predicted octanol–water partition coefficient (Wildman–Crippen LogP) is 3.42. The second-order valence-electron chi connectivity index (χ2n) is 4.52. The fraction of sp³-hybridized carbons (Fsp3) is 0.462. The Morgan fingerprint density at radius 2 is 1.94 bits per heavy atom. The van der Waals surface area contributed by atoms with E-state index >= 15 is 0 Å². The van der Waals surface area contributed by atoms with Crippen LogP contribution in [0.15, 0.2) is 17.1 Å². The van der Waals surface area contributed by atoms with Gasteiger partial charge in [0.15, 0.2) is 0 Å². The third kappa shape index (κ3) is 3.16. The Hall–Kier alpha value is -0.770. The Labute approximate surface area is 116 Å². The van der Waals surface area contributed by atoms with Gasteiger partial charge in [0.25, 0.3) is 0 Å². The van der Waals surface area contributed by atoms with Crippen molar-refractivity contribution in [2.45, 2.75) is 37.8 Å². The number of aliphatic hydroxyl groups excluding tert-OH is 1. The van der Waals surface area contributed by atoms with Crippen molar-refractivity contribution in [3.05, 3.63) is 27.7 Å². The van der Waals surface area contributed by atoms with Crippen LogP contribution in [0.5, 0.6) is 5.75 Å². The highest BCUT2D eigenvalue weighted by atomic mass is 35.5. The molecule has 1 aliphatic rings. The lowest BCUT2D eigenvalue weighted by Gasteiger charge is -2.23. The van der Waals surface area contributed by atoms with Crippen molar-refractivity contribution in [1.82, 2.24) is 0 Å². The summed E-state index contributed by atoms with van der Waals surface area (Å²) in [7, 11) is 0. The maximum absolute atomic E-state index is 9.80. The molecule has 1 aromatic carbocycles. The molecule has 0 spiro atoms. The van der Waals surface area contributed by atoms with Crippen molar-refractivity contribution < 1.29 is 10.2 Å². The smallest absolute Gasteiger partial charge is 0.143 e. The lowest BCUT2D eigenvalue weighted by atomic mass is 9.93. The van der Waals surface area contributed by atoms with Gasteiger partial charge in [0.1, 0.15) is 5.75 Å². The molecule has 1 aliphatic carbocycles. The second-order valence-corrected chi connectivity index (χ2v) is 5.37. The van der Waals surface area contributed by atoms with Crippen LogP contribution < -0.4 is 0 Å². The molecule has 18 heavy (non-hydrogen) atoms. The molecule has 0 radical (unpaired) electrons. The molecule has 3 nitrogen and oxygen atoms in total. The van der Waals surface area contributed by atoms with E-state index in [0.717, 1.165) is 25.7 Å². The molecule has 0 amide bonds. The van der Waals surface area contributed by atoms with Crippen molar-refractivity contribution in [2.24, 2.45) is 4.99 Å². The van der Waals surface area contributed by atoms with E-state index in [1.165, 1.54) is 12.3 Å². The minimum Gasteiger partial charge on any atom is -0.506 e. The average Bonchev–Trinajstić information content (AvgIpc) is 2.33. The topological polar surface area (TPSA) is 52.8 Å². The number of halogens is 2. The number of phenols is 1. The number of hydrogen-bond acceptors (Lipinski definition) is 3. The SMILES string of the molecule is Oc1c(Cl)cc(Cl)cc1C=NC1CCCCC1O. The van der Waals surface area contributed by atoms with Gasteiger partial charge in [-0.15, -0.1) is 0 Å². The van der Waals surface area contributed by atoms with Crippen LogP contribution in [0.2, 0.25) is 10.0 Å². The first-order valence-corrected chi connectivity index (χ1v) is 6.73. The minimum atomic E-state index is -0.396. The number of aliphatic hydroxyl groups is 1. The molecule has 2 rings (SSSR count). The van der Waals surface area contributed by atoms with Crippen LogP contribution in [-0.4, -0.2) is 28.6 Å². The highest BCUT2D eigenvalue weighted by Crippen LogP contribution is 2.30. The summed E-state index contributed by atoms with van der Waals surface area (Å²) in [5.74, 6) is -0.0323. The van der Waals surface area contributed by atoms with Gasteiger partial charge in [0.05, 0.1) is 17.2 Å². The zero-order valence-corrected chi connectivity index (χ0v) is 11.3. The highest BCUT2D eigenvalue weighted by Gasteiger charge is 2.21. The van der Waals surface area contributed by atoms with E-state index in [4.69, 9.17) is 23.2 Å². The van der Waals surface area contributed by atoms with E-state index in [0.29, 0.717) is 10.6 Å². The van der Waals surface area contributed by atoms with Crippen molar-refractivity contribution in [2.75, 3.05) is 0 Å². The van der Waals surface area contributed by atoms with Gasteiger partial charge >= 0.3 is 0 Å². The summed E-state index contributed by atoms with van der Waals surface area (Å²) in [6, 6.07) is 2.98. The zero-order valence-electron chi connectivity index (χ0n) is 9.81. The fourth-order valence-corrected chi connectivity index (χ4v) is 2.64. The second kappa shape index (κ2) is 5.91. The minimum absolute atomic E-state index is 0.0323. The van der Waals surface area contributed by atoms with Gasteiger partial charge in [-0.05, 0) is 25.0 Å². The zero-order chi connectivity index (χ0) is 13.1. The maximum Gasteiger partial charge on any atom is 0.143 e. The Kier molecular flexibility index (Phi) is 4.49. The molecule has 1 fully saturated rings. The van der Waals surface area contributed by atoms with E-state index in [1.807, 2.05) is 0 Å². The van der Waals surface area contributed by atoms with Gasteiger partial charge in [-0.2, -0.15) is 0 Å². The van der Waals surface area contributed by atoms with Crippen LogP contribution in [-0.2, 0) is 0 Å². The monoisotopic (exact) mass is 287 g/mol. The van der Waals surface area contributed by atoms with Crippen molar-refractivity contribution in [3.8, 4) is 5.75 Å². The summed E-state index contributed by atoms with van der Waals surface area (Å²) in [5, 5.41) is 20.2. The van der Waals surface area contributed by atoms with E-state index in [-0.39, 0.29) is 16.8 Å². The first-order valence-electron chi connectivity index (χ1n) is 5.97. The highest BCUT2D eigenvalue weighted by molar-refractivity contribution is 6.36. The Morgan fingerprint density at radius 3 is 2.67 bits per heavy atom. The van der Waals surface area contributed by atoms with Gasteiger partial charge in [0.2, 0.25) is 0 Å². The fourth-order valence-electron chi connectivity index (χ4n) is 2.13. The first kappa shape index (κ1) is 13.7. The van der Waals surface area contributed by atoms with Gasteiger partial charge in [-0.25, -0.2) is 0 Å². The summed E-state index contributed by atoms with van der Waals surface area (Å²) in [6.07, 6.45) is 4.90. The van der Waals surface area contributed by atoms with Gasteiger partial charge in [0, 0.05) is 16.8 Å². The van der Waals surface area contributed by atoms with Crippen LogP contribution in [0.1, 0.15) is 31.2 Å².